The fourth-order valence-corrected chi connectivity index (χ4v) is 2.38. The van der Waals surface area contributed by atoms with Gasteiger partial charge in [0.05, 0.1) is 5.92 Å². The van der Waals surface area contributed by atoms with Crippen LogP contribution in [-0.4, -0.2) is 29.1 Å². The monoisotopic (exact) mass is 188 g/mol. The molecule has 1 atom stereocenters. The number of hydrogen-bond acceptors (Lipinski definition) is 3. The number of hydrogen-bond donors (Lipinski definition) is 1. The molecule has 12 heavy (non-hydrogen) atoms. The highest BCUT2D eigenvalue weighted by Crippen LogP contribution is 2.21. The lowest BCUT2D eigenvalue weighted by Crippen LogP contribution is -2.37. The van der Waals surface area contributed by atoms with Crippen LogP contribution in [0.3, 0.4) is 0 Å². The summed E-state index contributed by atoms with van der Waals surface area (Å²) >= 11 is 1.80. The van der Waals surface area contributed by atoms with Gasteiger partial charge in [-0.3, -0.25) is 4.79 Å². The molecule has 0 spiro atoms. The minimum absolute atomic E-state index is 0.0813. The van der Waals surface area contributed by atoms with E-state index in [-0.39, 0.29) is 11.8 Å². The van der Waals surface area contributed by atoms with Crippen LogP contribution in [0.25, 0.3) is 0 Å². The van der Waals surface area contributed by atoms with Crippen molar-refractivity contribution < 1.29 is 4.79 Å². The molecule has 0 aromatic carbocycles. The average molecular weight is 188 g/mol. The normalized spacial score (nSPS) is 25.6. The van der Waals surface area contributed by atoms with Gasteiger partial charge >= 0.3 is 0 Å². The lowest BCUT2D eigenvalue weighted by atomic mass is 9.99. The number of carbonyl (C=O) groups excluding carboxylic acids is 1. The Morgan fingerprint density at radius 3 is 3.08 bits per heavy atom. The number of rotatable bonds is 3. The third kappa shape index (κ3) is 2.68. The molecule has 0 aromatic rings. The maximum absolute atomic E-state index is 10.9. The largest absolute Gasteiger partial charge is 0.369 e. The number of amides is 1. The molecule has 1 heterocycles. The fourth-order valence-electron chi connectivity index (χ4n) is 1.47. The van der Waals surface area contributed by atoms with Gasteiger partial charge in [0.1, 0.15) is 0 Å². The van der Waals surface area contributed by atoms with Gasteiger partial charge < -0.3 is 5.73 Å². The topological polar surface area (TPSA) is 46.3 Å². The Hall–Kier alpha value is -0.220. The van der Waals surface area contributed by atoms with Crippen molar-refractivity contribution in [2.45, 2.75) is 19.8 Å². The van der Waals surface area contributed by atoms with Crippen LogP contribution in [0, 0.1) is 5.92 Å². The summed E-state index contributed by atoms with van der Waals surface area (Å²) < 4.78 is 2.25. The van der Waals surface area contributed by atoms with Crippen LogP contribution >= 0.6 is 11.9 Å². The Labute approximate surface area is 77.8 Å². The Kier molecular flexibility index (Phi) is 3.88. The van der Waals surface area contributed by atoms with Gasteiger partial charge in [0.25, 0.3) is 0 Å². The minimum Gasteiger partial charge on any atom is -0.369 e. The summed E-state index contributed by atoms with van der Waals surface area (Å²) in [6, 6.07) is 0. The number of carbonyl (C=O) groups is 1. The zero-order chi connectivity index (χ0) is 8.97. The molecule has 3 nitrogen and oxygen atoms in total. The van der Waals surface area contributed by atoms with E-state index in [4.69, 9.17) is 5.73 Å². The molecule has 70 valence electrons. The Morgan fingerprint density at radius 1 is 1.75 bits per heavy atom. The van der Waals surface area contributed by atoms with Gasteiger partial charge in [0, 0.05) is 18.8 Å². The summed E-state index contributed by atoms with van der Waals surface area (Å²) in [6.45, 7) is 4.06. The van der Waals surface area contributed by atoms with Crippen molar-refractivity contribution in [3.63, 3.8) is 0 Å². The molecule has 1 amide bonds. The van der Waals surface area contributed by atoms with E-state index in [0.717, 1.165) is 31.7 Å². The highest BCUT2D eigenvalue weighted by molar-refractivity contribution is 7.96. The summed E-state index contributed by atoms with van der Waals surface area (Å²) in [7, 11) is 0. The second-order valence-corrected chi connectivity index (χ2v) is 4.40. The van der Waals surface area contributed by atoms with E-state index in [0.29, 0.717) is 0 Å². The molecule has 0 bridgehead atoms. The number of nitrogens with two attached hydrogens (primary N) is 1. The fraction of sp³-hybridized carbons (Fsp3) is 0.875. The third-order valence-corrected chi connectivity index (χ3v) is 3.05. The van der Waals surface area contributed by atoms with Crippen LogP contribution in [-0.2, 0) is 4.79 Å². The molecule has 1 aliphatic heterocycles. The lowest BCUT2D eigenvalue weighted by Gasteiger charge is -2.29. The number of primary amides is 1. The van der Waals surface area contributed by atoms with Crippen molar-refractivity contribution >= 4 is 17.9 Å². The van der Waals surface area contributed by atoms with Crippen LogP contribution in [0.4, 0.5) is 0 Å². The van der Waals surface area contributed by atoms with Crippen molar-refractivity contribution in [1.29, 1.82) is 0 Å². The molecular formula is C8H16N2OS. The van der Waals surface area contributed by atoms with Gasteiger partial charge in [-0.05, 0) is 12.8 Å². The third-order valence-electron chi connectivity index (χ3n) is 2.10. The first-order valence-corrected chi connectivity index (χ1v) is 5.35. The Balaban J connectivity index is 2.35. The molecule has 1 rings (SSSR count). The summed E-state index contributed by atoms with van der Waals surface area (Å²) in [5.74, 6) is 1.01. The lowest BCUT2D eigenvalue weighted by molar-refractivity contribution is -0.122. The van der Waals surface area contributed by atoms with Crippen LogP contribution in [0.5, 0.6) is 0 Å². The van der Waals surface area contributed by atoms with E-state index in [1.54, 1.807) is 11.9 Å². The molecule has 0 radical (unpaired) electrons. The van der Waals surface area contributed by atoms with Crippen molar-refractivity contribution in [3.8, 4) is 0 Å². The summed E-state index contributed by atoms with van der Waals surface area (Å²) in [5, 5.41) is 0. The first-order chi connectivity index (χ1) is 5.74. The first kappa shape index (κ1) is 9.86. The number of nitrogens with zero attached hydrogens (tertiary/aromatic N) is 1. The zero-order valence-electron chi connectivity index (χ0n) is 7.45. The van der Waals surface area contributed by atoms with Crippen LogP contribution in [0.1, 0.15) is 19.8 Å². The van der Waals surface area contributed by atoms with Crippen LogP contribution in [0.15, 0.2) is 0 Å². The van der Waals surface area contributed by atoms with Gasteiger partial charge in [-0.1, -0.05) is 18.9 Å². The molecule has 2 N–H and O–H groups in total. The van der Waals surface area contributed by atoms with Crippen LogP contribution in [0.2, 0.25) is 0 Å². The molecule has 1 fully saturated rings. The molecule has 0 unspecified atom stereocenters. The predicted octanol–water partition coefficient (Wildman–Crippen LogP) is 0.852. The van der Waals surface area contributed by atoms with E-state index in [9.17, 15) is 4.79 Å². The molecular weight excluding hydrogens is 172 g/mol. The smallest absolute Gasteiger partial charge is 0.221 e. The maximum Gasteiger partial charge on any atom is 0.221 e. The van der Waals surface area contributed by atoms with E-state index in [1.807, 2.05) is 0 Å². The summed E-state index contributed by atoms with van der Waals surface area (Å²) in [6.07, 6.45) is 2.07. The minimum atomic E-state index is -0.142. The average Bonchev–Trinajstić information content (AvgIpc) is 2.05. The maximum atomic E-state index is 10.9. The van der Waals surface area contributed by atoms with Gasteiger partial charge in [-0.2, -0.15) is 0 Å². The van der Waals surface area contributed by atoms with Gasteiger partial charge in [-0.15, -0.1) is 0 Å². The second-order valence-electron chi connectivity index (χ2n) is 3.05. The van der Waals surface area contributed by atoms with E-state index >= 15 is 0 Å². The first-order valence-electron chi connectivity index (χ1n) is 4.41. The highest BCUT2D eigenvalue weighted by Gasteiger charge is 2.23. The molecule has 0 aromatic heterocycles. The van der Waals surface area contributed by atoms with Crippen molar-refractivity contribution in [2.75, 3.05) is 18.8 Å². The van der Waals surface area contributed by atoms with Gasteiger partial charge in [0.15, 0.2) is 0 Å². The standard InChI is InChI=1S/C8H16N2OS/c1-2-12-10-5-3-4-7(6-10)8(9)11/h7H,2-6H2,1H3,(H2,9,11)/t7-/m0/s1. The Bertz CT molecular complexity index is 161. The van der Waals surface area contributed by atoms with Crippen molar-refractivity contribution in [3.05, 3.63) is 0 Å². The summed E-state index contributed by atoms with van der Waals surface area (Å²) in [4.78, 5) is 10.9. The van der Waals surface area contributed by atoms with E-state index in [2.05, 4.69) is 11.2 Å². The van der Waals surface area contributed by atoms with Crippen molar-refractivity contribution in [1.82, 2.24) is 4.31 Å². The second kappa shape index (κ2) is 4.72. The molecule has 0 saturated carbocycles. The van der Waals surface area contributed by atoms with Gasteiger partial charge in [-0.25, -0.2) is 4.31 Å². The zero-order valence-corrected chi connectivity index (χ0v) is 8.27. The molecule has 1 aliphatic rings. The van der Waals surface area contributed by atoms with E-state index < -0.39 is 0 Å². The van der Waals surface area contributed by atoms with Gasteiger partial charge in [0.2, 0.25) is 5.91 Å². The molecule has 4 heteroatoms. The number of piperidine rings is 1. The Morgan fingerprint density at radius 2 is 2.50 bits per heavy atom. The van der Waals surface area contributed by atoms with Crippen LogP contribution < -0.4 is 5.73 Å². The highest BCUT2D eigenvalue weighted by atomic mass is 32.2. The van der Waals surface area contributed by atoms with Crippen molar-refractivity contribution in [2.24, 2.45) is 11.7 Å². The molecule has 1 saturated heterocycles. The summed E-state index contributed by atoms with van der Waals surface area (Å²) in [5.41, 5.74) is 5.25. The quantitative estimate of drug-likeness (QED) is 0.668. The molecule has 0 aliphatic carbocycles. The van der Waals surface area contributed by atoms with E-state index in [1.165, 1.54) is 0 Å². The SMILES string of the molecule is CCSN1CCC[C@H](C(N)=O)C1. The predicted molar refractivity (Wildman–Crippen MR) is 51.6 cm³/mol.